The van der Waals surface area contributed by atoms with Crippen LogP contribution in [0.3, 0.4) is 0 Å². The summed E-state index contributed by atoms with van der Waals surface area (Å²) < 4.78 is 0. The van der Waals surface area contributed by atoms with Crippen molar-refractivity contribution in [3.63, 3.8) is 0 Å². The first kappa shape index (κ1) is 35.4. The van der Waals surface area contributed by atoms with Crippen molar-refractivity contribution in [3.8, 4) is 95.9 Å². The SMILES string of the molecule is N#Cc1ccc(-c2ccc3c4c(ccc(-c5ccc(-c6ccc(-c7nc(-c8ccccc8)nc(-c8ccccc8)n7)cc6)c6ccccc56)c24)-c2ccccc2-3)c2ccccc12. The third-order valence-corrected chi connectivity index (χ3v) is 12.4. The fourth-order valence-corrected chi connectivity index (χ4v) is 9.50. The van der Waals surface area contributed by atoms with Gasteiger partial charge in [-0.1, -0.05) is 200 Å². The first-order valence-electron chi connectivity index (χ1n) is 20.8. The van der Waals surface area contributed by atoms with E-state index in [2.05, 4.69) is 140 Å². The lowest BCUT2D eigenvalue weighted by Gasteiger charge is -2.18. The number of hydrogen-bond donors (Lipinski definition) is 0. The van der Waals surface area contributed by atoms with E-state index in [-0.39, 0.29) is 0 Å². The molecule has 4 heteroatoms. The van der Waals surface area contributed by atoms with Gasteiger partial charge in [0.25, 0.3) is 0 Å². The van der Waals surface area contributed by atoms with Gasteiger partial charge < -0.3 is 0 Å². The van der Waals surface area contributed by atoms with Crippen LogP contribution in [0.1, 0.15) is 5.56 Å². The molecule has 0 saturated carbocycles. The van der Waals surface area contributed by atoms with Crippen LogP contribution in [0, 0.1) is 11.3 Å². The molecule has 1 heterocycles. The zero-order valence-electron chi connectivity index (χ0n) is 33.4. The van der Waals surface area contributed by atoms with E-state index >= 15 is 0 Å². The maximum atomic E-state index is 10.1. The summed E-state index contributed by atoms with van der Waals surface area (Å²) in [5.74, 6) is 1.91. The first-order chi connectivity index (χ1) is 30.7. The minimum absolute atomic E-state index is 0.629. The van der Waals surface area contributed by atoms with Crippen LogP contribution in [0.2, 0.25) is 0 Å². The molecule has 0 radical (unpaired) electrons. The molecule has 11 aromatic rings. The third kappa shape index (κ3) is 5.64. The van der Waals surface area contributed by atoms with Gasteiger partial charge in [0.2, 0.25) is 0 Å². The number of hydrogen-bond acceptors (Lipinski definition) is 4. The summed E-state index contributed by atoms with van der Waals surface area (Å²) in [4.78, 5) is 14.8. The molecular formula is C58H34N4. The van der Waals surface area contributed by atoms with Crippen molar-refractivity contribution in [2.75, 3.05) is 0 Å². The highest BCUT2D eigenvalue weighted by Crippen LogP contribution is 2.53. The second-order valence-corrected chi connectivity index (χ2v) is 15.8. The summed E-state index contributed by atoms with van der Waals surface area (Å²) in [6.45, 7) is 0. The van der Waals surface area contributed by atoms with Crippen molar-refractivity contribution in [3.05, 3.63) is 212 Å². The molecular weight excluding hydrogens is 753 g/mol. The Labute approximate surface area is 358 Å². The van der Waals surface area contributed by atoms with Crippen LogP contribution in [-0.4, -0.2) is 15.0 Å². The van der Waals surface area contributed by atoms with Crippen molar-refractivity contribution in [2.24, 2.45) is 0 Å². The molecule has 0 unspecified atom stereocenters. The molecule has 1 aromatic heterocycles. The molecule has 0 aliphatic heterocycles. The summed E-state index contributed by atoms with van der Waals surface area (Å²) in [6, 6.07) is 74.8. The Bertz CT molecular complexity index is 3540. The van der Waals surface area contributed by atoms with Crippen LogP contribution in [0.25, 0.3) is 122 Å². The number of benzene rings is 10. The molecule has 1 aliphatic carbocycles. The smallest absolute Gasteiger partial charge is 0.164 e. The lowest BCUT2D eigenvalue weighted by Crippen LogP contribution is -2.00. The van der Waals surface area contributed by atoms with Gasteiger partial charge in [0, 0.05) is 22.1 Å². The summed E-state index contributed by atoms with van der Waals surface area (Å²) >= 11 is 0. The number of nitriles is 1. The van der Waals surface area contributed by atoms with Crippen LogP contribution in [-0.2, 0) is 0 Å². The molecule has 12 rings (SSSR count). The highest BCUT2D eigenvalue weighted by Gasteiger charge is 2.26. The van der Waals surface area contributed by atoms with Crippen LogP contribution >= 0.6 is 0 Å². The van der Waals surface area contributed by atoms with Crippen molar-refractivity contribution in [1.82, 2.24) is 15.0 Å². The largest absolute Gasteiger partial charge is 0.208 e. The Kier molecular flexibility index (Phi) is 8.19. The molecule has 0 spiro atoms. The Morgan fingerprint density at radius 2 is 0.597 bits per heavy atom. The second kappa shape index (κ2) is 14.3. The van der Waals surface area contributed by atoms with Gasteiger partial charge >= 0.3 is 0 Å². The lowest BCUT2D eigenvalue weighted by molar-refractivity contribution is 1.07. The molecule has 0 fully saturated rings. The highest BCUT2D eigenvalue weighted by atomic mass is 15.0. The first-order valence-corrected chi connectivity index (χ1v) is 20.8. The number of aromatic nitrogens is 3. The average Bonchev–Trinajstić information content (AvgIpc) is 3.68. The van der Waals surface area contributed by atoms with E-state index < -0.39 is 0 Å². The van der Waals surface area contributed by atoms with Crippen molar-refractivity contribution < 1.29 is 0 Å². The second-order valence-electron chi connectivity index (χ2n) is 15.8. The van der Waals surface area contributed by atoms with E-state index in [4.69, 9.17) is 15.0 Å². The molecule has 0 amide bonds. The van der Waals surface area contributed by atoms with E-state index in [1.807, 2.05) is 72.8 Å². The maximum absolute atomic E-state index is 10.1. The Morgan fingerprint density at radius 1 is 0.258 bits per heavy atom. The van der Waals surface area contributed by atoms with Crippen LogP contribution in [0.5, 0.6) is 0 Å². The quantitative estimate of drug-likeness (QED) is 0.168. The van der Waals surface area contributed by atoms with E-state index in [0.29, 0.717) is 23.0 Å². The molecule has 10 aromatic carbocycles. The maximum Gasteiger partial charge on any atom is 0.164 e. The molecule has 0 saturated heterocycles. The molecule has 0 bridgehead atoms. The average molecular weight is 787 g/mol. The van der Waals surface area contributed by atoms with Crippen LogP contribution in [0.15, 0.2) is 206 Å². The van der Waals surface area contributed by atoms with Gasteiger partial charge in [-0.15, -0.1) is 0 Å². The number of fused-ring (bicyclic) bond motifs is 5. The topological polar surface area (TPSA) is 62.5 Å². The van der Waals surface area contributed by atoms with E-state index in [0.717, 1.165) is 49.7 Å². The van der Waals surface area contributed by atoms with Crippen LogP contribution < -0.4 is 0 Å². The highest BCUT2D eigenvalue weighted by molar-refractivity contribution is 6.25. The normalized spacial score (nSPS) is 11.5. The molecule has 4 nitrogen and oxygen atoms in total. The van der Waals surface area contributed by atoms with Crippen molar-refractivity contribution in [1.29, 1.82) is 5.26 Å². The van der Waals surface area contributed by atoms with Crippen LogP contribution in [0.4, 0.5) is 0 Å². The lowest BCUT2D eigenvalue weighted by atomic mass is 9.84. The summed E-state index contributed by atoms with van der Waals surface area (Å²) in [5.41, 5.74) is 15.4. The molecule has 62 heavy (non-hydrogen) atoms. The molecule has 286 valence electrons. The minimum Gasteiger partial charge on any atom is -0.208 e. The van der Waals surface area contributed by atoms with Gasteiger partial charge in [0.15, 0.2) is 17.5 Å². The van der Waals surface area contributed by atoms with Crippen molar-refractivity contribution in [2.45, 2.75) is 0 Å². The monoisotopic (exact) mass is 786 g/mol. The zero-order valence-corrected chi connectivity index (χ0v) is 33.4. The van der Waals surface area contributed by atoms with Gasteiger partial charge in [-0.3, -0.25) is 0 Å². The molecule has 1 aliphatic rings. The Morgan fingerprint density at radius 3 is 1.10 bits per heavy atom. The standard InChI is InChI=1S/C58H34N4/c59-35-40-27-28-48(43-18-8-7-17-41(40)43)52-33-31-50-46-21-11-12-22-47(46)51-32-34-53(55(52)54(50)51)49-30-29-42(44-19-9-10-20-45(44)49)36-23-25-39(26-24-36)58-61-56(37-13-3-1-4-14-37)60-57(62-58)38-15-5-2-6-16-38/h1-34H. The Balaban J connectivity index is 1.02. The van der Waals surface area contributed by atoms with Gasteiger partial charge in [0.1, 0.15) is 0 Å². The predicted octanol–water partition coefficient (Wildman–Crippen LogP) is 14.9. The van der Waals surface area contributed by atoms with E-state index in [1.165, 1.54) is 54.9 Å². The van der Waals surface area contributed by atoms with E-state index in [9.17, 15) is 5.26 Å². The fourth-order valence-electron chi connectivity index (χ4n) is 9.50. The summed E-state index contributed by atoms with van der Waals surface area (Å²) in [7, 11) is 0. The minimum atomic E-state index is 0.629. The summed E-state index contributed by atoms with van der Waals surface area (Å²) in [6.07, 6.45) is 0. The Hall–Kier alpha value is -8.52. The van der Waals surface area contributed by atoms with Gasteiger partial charge in [-0.05, 0) is 88.6 Å². The van der Waals surface area contributed by atoms with Gasteiger partial charge in [0.05, 0.1) is 11.6 Å². The van der Waals surface area contributed by atoms with Gasteiger partial charge in [-0.25, -0.2) is 15.0 Å². The predicted molar refractivity (Wildman–Crippen MR) is 254 cm³/mol. The van der Waals surface area contributed by atoms with E-state index in [1.54, 1.807) is 0 Å². The summed E-state index contributed by atoms with van der Waals surface area (Å²) in [5, 5.41) is 16.9. The molecule has 0 atom stereocenters. The number of rotatable bonds is 6. The zero-order chi connectivity index (χ0) is 41.1. The van der Waals surface area contributed by atoms with Crippen molar-refractivity contribution >= 4 is 32.3 Å². The fraction of sp³-hybridized carbons (Fsp3) is 0. The number of nitrogens with zero attached hydrogens (tertiary/aromatic N) is 4. The molecule has 0 N–H and O–H groups in total. The van der Waals surface area contributed by atoms with Gasteiger partial charge in [-0.2, -0.15) is 5.26 Å². The third-order valence-electron chi connectivity index (χ3n) is 12.4.